The molecule has 1 aliphatic heterocycles. The van der Waals surface area contributed by atoms with E-state index < -0.39 is 0 Å². The zero-order valence-corrected chi connectivity index (χ0v) is 14.5. The van der Waals surface area contributed by atoms with E-state index in [1.165, 1.54) is 0 Å². The van der Waals surface area contributed by atoms with Gasteiger partial charge in [-0.2, -0.15) is 5.10 Å². The fraction of sp³-hybridized carbons (Fsp3) is 0.263. The lowest BCUT2D eigenvalue weighted by atomic mass is 9.98. The Kier molecular flexibility index (Phi) is 4.86. The molecule has 24 heavy (non-hydrogen) atoms. The van der Waals surface area contributed by atoms with E-state index in [0.29, 0.717) is 17.9 Å². The van der Waals surface area contributed by atoms with Crippen molar-refractivity contribution in [1.82, 2.24) is 5.01 Å². The summed E-state index contributed by atoms with van der Waals surface area (Å²) in [6.45, 7) is 1.84. The molecule has 0 radical (unpaired) electrons. The molecule has 5 heteroatoms. The number of ether oxygens (including phenoxy) is 1. The summed E-state index contributed by atoms with van der Waals surface area (Å²) in [6.07, 6.45) is 1.000. The van der Waals surface area contributed by atoms with Gasteiger partial charge in [0.2, 0.25) is 5.91 Å². The number of carbonyl (C=O) groups is 1. The number of benzene rings is 2. The maximum atomic E-state index is 12.4. The SMILES string of the molecule is CCC(=O)N1N=C(c2ccccc2OC)CC1c1ccccc1Cl. The van der Waals surface area contributed by atoms with Crippen molar-refractivity contribution >= 4 is 23.2 Å². The van der Waals surface area contributed by atoms with E-state index in [4.69, 9.17) is 16.3 Å². The number of hydrogen-bond donors (Lipinski definition) is 0. The van der Waals surface area contributed by atoms with E-state index in [-0.39, 0.29) is 11.9 Å². The molecule has 3 rings (SSSR count). The van der Waals surface area contributed by atoms with Crippen LogP contribution in [0.15, 0.2) is 53.6 Å². The van der Waals surface area contributed by atoms with E-state index in [2.05, 4.69) is 5.10 Å². The highest BCUT2D eigenvalue weighted by Crippen LogP contribution is 2.37. The quantitative estimate of drug-likeness (QED) is 0.824. The van der Waals surface area contributed by atoms with Gasteiger partial charge in [0.25, 0.3) is 0 Å². The Bertz CT molecular complexity index is 788. The molecule has 1 aliphatic rings. The molecule has 124 valence electrons. The first-order chi connectivity index (χ1) is 11.7. The number of nitrogens with zero attached hydrogens (tertiary/aromatic N) is 2. The zero-order chi connectivity index (χ0) is 17.1. The Labute approximate surface area is 146 Å². The third-order valence-electron chi connectivity index (χ3n) is 4.15. The Morgan fingerprint density at radius 1 is 1.25 bits per heavy atom. The standard InChI is InChI=1S/C19H19ClN2O2/c1-3-19(23)22-17(13-8-4-6-10-15(13)20)12-16(21-22)14-9-5-7-11-18(14)24-2/h4-11,17H,3,12H2,1-2H3. The second kappa shape index (κ2) is 7.05. The van der Waals surface area contributed by atoms with Crippen LogP contribution in [0.4, 0.5) is 0 Å². The summed E-state index contributed by atoms with van der Waals surface area (Å²) in [5.41, 5.74) is 2.65. The van der Waals surface area contributed by atoms with E-state index in [1.54, 1.807) is 12.1 Å². The molecule has 1 atom stereocenters. The topological polar surface area (TPSA) is 41.9 Å². The fourth-order valence-corrected chi connectivity index (χ4v) is 3.20. The molecule has 0 saturated heterocycles. The van der Waals surface area contributed by atoms with Crippen LogP contribution in [0.1, 0.15) is 36.9 Å². The summed E-state index contributed by atoms with van der Waals surface area (Å²) in [4.78, 5) is 12.4. The third kappa shape index (κ3) is 3.02. The van der Waals surface area contributed by atoms with Crippen LogP contribution >= 0.6 is 11.6 Å². The number of hydrazone groups is 1. The number of methoxy groups -OCH3 is 1. The second-order valence-corrected chi connectivity index (χ2v) is 5.99. The van der Waals surface area contributed by atoms with Gasteiger partial charge in [-0.3, -0.25) is 4.79 Å². The van der Waals surface area contributed by atoms with E-state index in [1.807, 2.05) is 55.5 Å². The number of carbonyl (C=O) groups excluding carboxylic acids is 1. The molecule has 0 saturated carbocycles. The Morgan fingerprint density at radius 3 is 2.67 bits per heavy atom. The van der Waals surface area contributed by atoms with Crippen molar-refractivity contribution in [1.29, 1.82) is 0 Å². The lowest BCUT2D eigenvalue weighted by Gasteiger charge is -2.22. The van der Waals surface area contributed by atoms with Gasteiger partial charge in [0.1, 0.15) is 5.75 Å². The highest BCUT2D eigenvalue weighted by atomic mass is 35.5. The van der Waals surface area contributed by atoms with E-state index in [9.17, 15) is 4.79 Å². The van der Waals surface area contributed by atoms with Crippen molar-refractivity contribution in [3.8, 4) is 5.75 Å². The van der Waals surface area contributed by atoms with Gasteiger partial charge in [0.15, 0.2) is 0 Å². The molecule has 1 unspecified atom stereocenters. The number of halogens is 1. The van der Waals surface area contributed by atoms with Crippen LogP contribution in [0.5, 0.6) is 5.75 Å². The predicted molar refractivity (Wildman–Crippen MR) is 95.5 cm³/mol. The highest BCUT2D eigenvalue weighted by molar-refractivity contribution is 6.31. The molecule has 0 aliphatic carbocycles. The molecule has 0 N–H and O–H groups in total. The minimum atomic E-state index is -0.189. The van der Waals surface area contributed by atoms with Crippen LogP contribution in [0, 0.1) is 0 Å². The van der Waals surface area contributed by atoms with Gasteiger partial charge in [0, 0.05) is 23.4 Å². The van der Waals surface area contributed by atoms with Gasteiger partial charge >= 0.3 is 0 Å². The van der Waals surface area contributed by atoms with Crippen LogP contribution in [-0.2, 0) is 4.79 Å². The predicted octanol–water partition coefficient (Wildman–Crippen LogP) is 4.44. The lowest BCUT2D eigenvalue weighted by molar-refractivity contribution is -0.132. The van der Waals surface area contributed by atoms with Crippen LogP contribution < -0.4 is 4.74 Å². The molecular weight excluding hydrogens is 324 g/mol. The average molecular weight is 343 g/mol. The third-order valence-corrected chi connectivity index (χ3v) is 4.49. The van der Waals surface area contributed by atoms with Gasteiger partial charge in [-0.15, -0.1) is 0 Å². The molecular formula is C19H19ClN2O2. The van der Waals surface area contributed by atoms with Crippen molar-refractivity contribution in [2.24, 2.45) is 5.10 Å². The molecule has 0 aromatic heterocycles. The maximum absolute atomic E-state index is 12.4. The van der Waals surface area contributed by atoms with Crippen LogP contribution in [0.3, 0.4) is 0 Å². The van der Waals surface area contributed by atoms with Gasteiger partial charge in [-0.25, -0.2) is 5.01 Å². The molecule has 2 aromatic carbocycles. The van der Waals surface area contributed by atoms with E-state index in [0.717, 1.165) is 22.6 Å². The van der Waals surface area contributed by atoms with Crippen molar-refractivity contribution in [3.05, 3.63) is 64.7 Å². The summed E-state index contributed by atoms with van der Waals surface area (Å²) >= 11 is 6.36. The van der Waals surface area contributed by atoms with Crippen molar-refractivity contribution < 1.29 is 9.53 Å². The van der Waals surface area contributed by atoms with Gasteiger partial charge in [-0.1, -0.05) is 48.9 Å². The summed E-state index contributed by atoms with van der Waals surface area (Å²) in [5.74, 6) is 0.727. The molecule has 1 amide bonds. The summed E-state index contributed by atoms with van der Waals surface area (Å²) in [6, 6.07) is 15.1. The van der Waals surface area contributed by atoms with Gasteiger partial charge in [0.05, 0.1) is 18.9 Å². The van der Waals surface area contributed by atoms with Gasteiger partial charge < -0.3 is 4.74 Å². The minimum absolute atomic E-state index is 0.0233. The Hall–Kier alpha value is -2.33. The molecule has 2 aromatic rings. The zero-order valence-electron chi connectivity index (χ0n) is 13.7. The van der Waals surface area contributed by atoms with Crippen molar-refractivity contribution in [3.63, 3.8) is 0 Å². The van der Waals surface area contributed by atoms with Crippen LogP contribution in [0.2, 0.25) is 5.02 Å². The first kappa shape index (κ1) is 16.5. The lowest BCUT2D eigenvalue weighted by Crippen LogP contribution is -2.26. The van der Waals surface area contributed by atoms with Crippen molar-refractivity contribution in [2.75, 3.05) is 7.11 Å². The van der Waals surface area contributed by atoms with Crippen LogP contribution in [0.25, 0.3) is 0 Å². The highest BCUT2D eigenvalue weighted by Gasteiger charge is 2.34. The first-order valence-corrected chi connectivity index (χ1v) is 8.30. The average Bonchev–Trinajstić information content (AvgIpc) is 3.06. The molecule has 0 fully saturated rings. The van der Waals surface area contributed by atoms with Crippen molar-refractivity contribution in [2.45, 2.75) is 25.8 Å². The fourth-order valence-electron chi connectivity index (χ4n) is 2.94. The maximum Gasteiger partial charge on any atom is 0.242 e. The molecule has 1 heterocycles. The largest absolute Gasteiger partial charge is 0.496 e. The molecule has 4 nitrogen and oxygen atoms in total. The number of amides is 1. The first-order valence-electron chi connectivity index (χ1n) is 7.93. The Balaban J connectivity index is 2.02. The number of para-hydroxylation sites is 1. The molecule has 0 bridgehead atoms. The Morgan fingerprint density at radius 2 is 1.96 bits per heavy atom. The number of hydrogen-bond acceptors (Lipinski definition) is 3. The van der Waals surface area contributed by atoms with Gasteiger partial charge in [-0.05, 0) is 23.8 Å². The summed E-state index contributed by atoms with van der Waals surface area (Å²) < 4.78 is 5.43. The molecule has 0 spiro atoms. The monoisotopic (exact) mass is 342 g/mol. The smallest absolute Gasteiger partial charge is 0.242 e. The summed E-state index contributed by atoms with van der Waals surface area (Å²) in [5, 5.41) is 6.80. The normalized spacial score (nSPS) is 16.9. The minimum Gasteiger partial charge on any atom is -0.496 e. The van der Waals surface area contributed by atoms with E-state index >= 15 is 0 Å². The number of rotatable bonds is 4. The van der Waals surface area contributed by atoms with Crippen LogP contribution in [-0.4, -0.2) is 23.7 Å². The second-order valence-electron chi connectivity index (χ2n) is 5.58. The summed E-state index contributed by atoms with van der Waals surface area (Å²) in [7, 11) is 1.63.